The van der Waals surface area contributed by atoms with Crippen molar-refractivity contribution in [3.63, 3.8) is 0 Å². The number of likely N-dealkylation sites (N-methyl/N-ethyl adjacent to an activating group) is 1. The van der Waals surface area contributed by atoms with Gasteiger partial charge in [0.15, 0.2) is 0 Å². The fourth-order valence-electron chi connectivity index (χ4n) is 3.21. The number of carbonyl (C=O) groups is 1. The Morgan fingerprint density at radius 1 is 1.15 bits per heavy atom. The molecule has 2 aromatic carbocycles. The molecule has 0 fully saturated rings. The molecule has 4 rings (SSSR count). The fraction of sp³-hybridized carbons (Fsp3) is 0.125. The third-order valence-corrected chi connectivity index (χ3v) is 4.88. The van der Waals surface area contributed by atoms with Crippen molar-refractivity contribution in [2.45, 2.75) is 0 Å². The van der Waals surface area contributed by atoms with E-state index in [0.717, 1.165) is 36.1 Å². The van der Waals surface area contributed by atoms with E-state index in [-0.39, 0.29) is 5.69 Å². The van der Waals surface area contributed by atoms with E-state index in [9.17, 15) is 9.18 Å². The third kappa shape index (κ3) is 5.16. The minimum atomic E-state index is -0.585. The lowest BCUT2D eigenvalue weighted by molar-refractivity contribution is -0.111. The van der Waals surface area contributed by atoms with Gasteiger partial charge in [0.25, 0.3) is 0 Å². The molecule has 8 nitrogen and oxygen atoms in total. The Morgan fingerprint density at radius 3 is 2.73 bits per heavy atom. The molecule has 4 N–H and O–H groups in total. The molecule has 2 aromatic heterocycles. The standard InChI is InChI=1S/C24H23FN6O2/c1-3-22(32)30-21-12-17(8-9-19(21)25)33-24-18-13-20(31-23(18)28-14-29-24)15-4-6-16(7-5-15)27-11-10-26-2/h3-9,12-14,26-27H,1,10-11H2,2H3,(H,30,32)(H,28,29,31). The Labute approximate surface area is 189 Å². The molecule has 0 unspecified atom stereocenters. The van der Waals surface area contributed by atoms with Crippen molar-refractivity contribution in [1.29, 1.82) is 0 Å². The van der Waals surface area contributed by atoms with Gasteiger partial charge in [-0.2, -0.15) is 0 Å². The maximum atomic E-state index is 14.0. The van der Waals surface area contributed by atoms with Crippen molar-refractivity contribution in [3.05, 3.63) is 73.3 Å². The molecule has 0 saturated heterocycles. The third-order valence-electron chi connectivity index (χ3n) is 4.88. The second-order valence-electron chi connectivity index (χ2n) is 7.17. The van der Waals surface area contributed by atoms with Crippen molar-refractivity contribution in [1.82, 2.24) is 20.3 Å². The number of anilines is 2. The minimum absolute atomic E-state index is 0.0131. The maximum absolute atomic E-state index is 14.0. The first kappa shape index (κ1) is 22.0. The highest BCUT2D eigenvalue weighted by atomic mass is 19.1. The van der Waals surface area contributed by atoms with Crippen LogP contribution in [-0.4, -0.2) is 41.0 Å². The first-order valence-corrected chi connectivity index (χ1v) is 10.3. The Kier molecular flexibility index (Phi) is 6.61. The molecule has 0 aliphatic carbocycles. The van der Waals surface area contributed by atoms with Crippen LogP contribution >= 0.6 is 0 Å². The van der Waals surface area contributed by atoms with E-state index in [2.05, 4.69) is 37.5 Å². The molecule has 0 aliphatic heterocycles. The van der Waals surface area contributed by atoms with Gasteiger partial charge in [-0.05, 0) is 49.0 Å². The van der Waals surface area contributed by atoms with Crippen molar-refractivity contribution < 1.29 is 13.9 Å². The van der Waals surface area contributed by atoms with E-state index in [1.807, 2.05) is 37.4 Å². The highest BCUT2D eigenvalue weighted by molar-refractivity contribution is 5.99. The smallest absolute Gasteiger partial charge is 0.247 e. The predicted octanol–water partition coefficient (Wildman–Crippen LogP) is 4.31. The van der Waals surface area contributed by atoms with Gasteiger partial charge >= 0.3 is 0 Å². The zero-order chi connectivity index (χ0) is 23.2. The monoisotopic (exact) mass is 446 g/mol. The molecule has 0 saturated carbocycles. The maximum Gasteiger partial charge on any atom is 0.247 e. The Bertz CT molecular complexity index is 1290. The van der Waals surface area contributed by atoms with Crippen molar-refractivity contribution in [2.24, 2.45) is 0 Å². The number of amides is 1. The van der Waals surface area contributed by atoms with Crippen LogP contribution in [0.2, 0.25) is 0 Å². The van der Waals surface area contributed by atoms with E-state index < -0.39 is 11.7 Å². The van der Waals surface area contributed by atoms with Crippen molar-refractivity contribution >= 4 is 28.3 Å². The van der Waals surface area contributed by atoms with Gasteiger partial charge in [-0.25, -0.2) is 14.4 Å². The molecule has 33 heavy (non-hydrogen) atoms. The van der Waals surface area contributed by atoms with Crippen LogP contribution in [-0.2, 0) is 4.79 Å². The van der Waals surface area contributed by atoms with Gasteiger partial charge in [-0.15, -0.1) is 0 Å². The lowest BCUT2D eigenvalue weighted by Gasteiger charge is -2.09. The second-order valence-corrected chi connectivity index (χ2v) is 7.17. The molecular weight excluding hydrogens is 423 g/mol. The molecule has 0 aliphatic rings. The van der Waals surface area contributed by atoms with Crippen LogP contribution < -0.4 is 20.7 Å². The summed E-state index contributed by atoms with van der Waals surface area (Å²) in [6, 6.07) is 14.0. The summed E-state index contributed by atoms with van der Waals surface area (Å²) in [5.74, 6) is -0.483. The summed E-state index contributed by atoms with van der Waals surface area (Å²) in [6.45, 7) is 5.08. The molecule has 4 aromatic rings. The van der Waals surface area contributed by atoms with Crippen LogP contribution in [0, 0.1) is 5.82 Å². The largest absolute Gasteiger partial charge is 0.438 e. The molecule has 168 valence electrons. The Balaban J connectivity index is 1.58. The number of fused-ring (bicyclic) bond motifs is 1. The molecule has 0 bridgehead atoms. The molecule has 0 radical (unpaired) electrons. The lowest BCUT2D eigenvalue weighted by Crippen LogP contribution is -2.17. The number of carbonyl (C=O) groups excluding carboxylic acids is 1. The Hall–Kier alpha value is -4.24. The SMILES string of the molecule is C=CC(=O)Nc1cc(Oc2ncnc3[nH]c(-c4ccc(NCCNC)cc4)cc23)ccc1F. The van der Waals surface area contributed by atoms with Crippen LogP contribution in [0.25, 0.3) is 22.3 Å². The summed E-state index contributed by atoms with van der Waals surface area (Å²) in [7, 11) is 1.91. The fourth-order valence-corrected chi connectivity index (χ4v) is 3.21. The highest BCUT2D eigenvalue weighted by Crippen LogP contribution is 2.32. The van der Waals surface area contributed by atoms with E-state index >= 15 is 0 Å². The molecule has 0 atom stereocenters. The number of hydrogen-bond acceptors (Lipinski definition) is 6. The number of rotatable bonds is 9. The van der Waals surface area contributed by atoms with E-state index in [1.165, 1.54) is 24.5 Å². The summed E-state index contributed by atoms with van der Waals surface area (Å²) >= 11 is 0. The number of ether oxygens (including phenoxy) is 1. The highest BCUT2D eigenvalue weighted by Gasteiger charge is 2.13. The van der Waals surface area contributed by atoms with Crippen LogP contribution in [0.3, 0.4) is 0 Å². The summed E-state index contributed by atoms with van der Waals surface area (Å²) in [5, 5.41) is 9.51. The number of nitrogens with zero attached hydrogens (tertiary/aromatic N) is 2. The quantitative estimate of drug-likeness (QED) is 0.226. The number of nitrogens with one attached hydrogen (secondary N) is 4. The van der Waals surface area contributed by atoms with Crippen molar-refractivity contribution in [2.75, 3.05) is 30.8 Å². The minimum Gasteiger partial charge on any atom is -0.438 e. The average molecular weight is 446 g/mol. The number of aromatic amines is 1. The zero-order valence-corrected chi connectivity index (χ0v) is 18.0. The molecule has 0 spiro atoms. The van der Waals surface area contributed by atoms with Crippen LogP contribution in [0.4, 0.5) is 15.8 Å². The Morgan fingerprint density at radius 2 is 1.97 bits per heavy atom. The summed E-state index contributed by atoms with van der Waals surface area (Å²) < 4.78 is 19.9. The summed E-state index contributed by atoms with van der Waals surface area (Å²) in [4.78, 5) is 23.3. The average Bonchev–Trinajstić information content (AvgIpc) is 3.27. The van der Waals surface area contributed by atoms with Gasteiger partial charge in [0.2, 0.25) is 11.8 Å². The lowest BCUT2D eigenvalue weighted by atomic mass is 10.1. The van der Waals surface area contributed by atoms with Gasteiger partial charge in [-0.1, -0.05) is 18.7 Å². The van der Waals surface area contributed by atoms with Gasteiger partial charge in [-0.3, -0.25) is 4.79 Å². The molecule has 2 heterocycles. The second kappa shape index (κ2) is 9.92. The van der Waals surface area contributed by atoms with E-state index in [4.69, 9.17) is 4.74 Å². The molecule has 9 heteroatoms. The first-order chi connectivity index (χ1) is 16.1. The van der Waals surface area contributed by atoms with Gasteiger partial charge in [0.1, 0.15) is 23.5 Å². The number of hydrogen-bond donors (Lipinski definition) is 4. The number of halogens is 1. The summed E-state index contributed by atoms with van der Waals surface area (Å²) in [6.07, 6.45) is 2.45. The van der Waals surface area contributed by atoms with Gasteiger partial charge in [0.05, 0.1) is 11.1 Å². The topological polar surface area (TPSA) is 104 Å². The van der Waals surface area contributed by atoms with Crippen LogP contribution in [0.5, 0.6) is 11.6 Å². The van der Waals surface area contributed by atoms with Crippen molar-refractivity contribution in [3.8, 4) is 22.9 Å². The van der Waals surface area contributed by atoms with Gasteiger partial charge in [0, 0.05) is 30.5 Å². The first-order valence-electron chi connectivity index (χ1n) is 10.3. The number of aromatic nitrogens is 3. The van der Waals surface area contributed by atoms with Gasteiger partial charge < -0.3 is 25.7 Å². The number of H-pyrrole nitrogens is 1. The summed E-state index contributed by atoms with van der Waals surface area (Å²) in [5.41, 5.74) is 3.46. The molecule has 1 amide bonds. The van der Waals surface area contributed by atoms with Crippen LogP contribution in [0.15, 0.2) is 67.5 Å². The molecular formula is C24H23FN6O2. The van der Waals surface area contributed by atoms with E-state index in [1.54, 1.807) is 0 Å². The number of benzene rings is 2. The van der Waals surface area contributed by atoms with E-state index in [0.29, 0.717) is 22.7 Å². The zero-order valence-electron chi connectivity index (χ0n) is 18.0. The van der Waals surface area contributed by atoms with Crippen LogP contribution in [0.1, 0.15) is 0 Å². The predicted molar refractivity (Wildman–Crippen MR) is 127 cm³/mol. The normalized spacial score (nSPS) is 10.7.